The minimum absolute atomic E-state index is 0.0116. The van der Waals surface area contributed by atoms with Gasteiger partial charge < -0.3 is 5.32 Å². The molecule has 2 nitrogen and oxygen atoms in total. The third kappa shape index (κ3) is 3.88. The number of thioether (sulfide) groups is 1. The van der Waals surface area contributed by atoms with E-state index in [2.05, 4.69) is 27.9 Å². The molecular weight excluding hydrogens is 309 g/mol. The molecule has 1 N–H and O–H groups in total. The Labute approximate surface area is 102 Å². The van der Waals surface area contributed by atoms with Gasteiger partial charge >= 0.3 is 0 Å². The van der Waals surface area contributed by atoms with E-state index in [1.165, 1.54) is 0 Å². The minimum Gasteiger partial charge on any atom is -0.351 e. The summed E-state index contributed by atoms with van der Waals surface area (Å²) in [4.78, 5) is 11.5. The van der Waals surface area contributed by atoms with Gasteiger partial charge in [-0.2, -0.15) is 11.8 Å². The van der Waals surface area contributed by atoms with Crippen LogP contribution in [0.2, 0.25) is 0 Å². The Morgan fingerprint density at radius 1 is 1.57 bits per heavy atom. The van der Waals surface area contributed by atoms with Gasteiger partial charge in [0.05, 0.1) is 0 Å². The second kappa shape index (κ2) is 6.29. The maximum Gasteiger partial charge on any atom is 0.251 e. The number of hydrogen-bond donors (Lipinski definition) is 1. The van der Waals surface area contributed by atoms with E-state index in [9.17, 15) is 4.79 Å². The van der Waals surface area contributed by atoms with Crippen LogP contribution in [0.5, 0.6) is 0 Å². The Morgan fingerprint density at radius 3 is 3.00 bits per heavy atom. The average Bonchev–Trinajstić information content (AvgIpc) is 2.18. The van der Waals surface area contributed by atoms with Crippen LogP contribution in [-0.4, -0.2) is 24.5 Å². The van der Waals surface area contributed by atoms with Gasteiger partial charge in [0.15, 0.2) is 0 Å². The Bertz CT molecular complexity index is 317. The number of benzene rings is 1. The first-order valence-electron chi connectivity index (χ1n) is 4.26. The zero-order chi connectivity index (χ0) is 10.4. The summed E-state index contributed by atoms with van der Waals surface area (Å²) in [5.74, 6) is 0.966. The van der Waals surface area contributed by atoms with Crippen molar-refractivity contribution in [3.63, 3.8) is 0 Å². The highest BCUT2D eigenvalue weighted by Crippen LogP contribution is 2.07. The van der Waals surface area contributed by atoms with Crippen molar-refractivity contribution in [3.05, 3.63) is 33.4 Å². The number of nitrogens with one attached hydrogen (secondary N) is 1. The van der Waals surface area contributed by atoms with Gasteiger partial charge in [0.25, 0.3) is 5.91 Å². The number of halogens is 1. The molecule has 14 heavy (non-hydrogen) atoms. The maximum atomic E-state index is 11.5. The van der Waals surface area contributed by atoms with Crippen molar-refractivity contribution in [1.82, 2.24) is 5.32 Å². The van der Waals surface area contributed by atoms with E-state index in [0.29, 0.717) is 0 Å². The Kier molecular flexibility index (Phi) is 5.32. The number of rotatable bonds is 4. The predicted octanol–water partition coefficient (Wildman–Crippen LogP) is 2.38. The van der Waals surface area contributed by atoms with E-state index in [-0.39, 0.29) is 5.91 Å². The van der Waals surface area contributed by atoms with E-state index in [4.69, 9.17) is 0 Å². The van der Waals surface area contributed by atoms with Gasteiger partial charge in [-0.1, -0.05) is 6.07 Å². The van der Waals surface area contributed by atoms with Crippen LogP contribution in [-0.2, 0) is 0 Å². The summed E-state index contributed by atoms with van der Waals surface area (Å²) in [5.41, 5.74) is 0.734. The van der Waals surface area contributed by atoms with Gasteiger partial charge in [-0.05, 0) is 47.0 Å². The molecule has 1 rings (SSSR count). The molecule has 0 unspecified atom stereocenters. The summed E-state index contributed by atoms with van der Waals surface area (Å²) in [6.45, 7) is 0.728. The molecule has 0 saturated heterocycles. The molecule has 1 aromatic carbocycles. The molecule has 0 bridgehead atoms. The first-order chi connectivity index (χ1) is 6.74. The summed E-state index contributed by atoms with van der Waals surface area (Å²) in [6.07, 6.45) is 2.03. The first-order valence-corrected chi connectivity index (χ1v) is 6.74. The highest BCUT2D eigenvalue weighted by Gasteiger charge is 2.03. The number of carbonyl (C=O) groups excluding carboxylic acids is 1. The molecule has 0 heterocycles. The Morgan fingerprint density at radius 2 is 2.36 bits per heavy atom. The van der Waals surface area contributed by atoms with Crippen LogP contribution in [0.3, 0.4) is 0 Å². The molecule has 0 aliphatic heterocycles. The summed E-state index contributed by atoms with van der Waals surface area (Å²) in [6, 6.07) is 7.58. The van der Waals surface area contributed by atoms with Crippen LogP contribution in [0.4, 0.5) is 0 Å². The lowest BCUT2D eigenvalue weighted by atomic mass is 10.2. The van der Waals surface area contributed by atoms with Crippen LogP contribution in [0.15, 0.2) is 24.3 Å². The quantitative estimate of drug-likeness (QED) is 0.681. The molecule has 1 aromatic rings. The lowest BCUT2D eigenvalue weighted by molar-refractivity contribution is 0.0956. The normalized spacial score (nSPS) is 9.86. The number of amides is 1. The van der Waals surface area contributed by atoms with E-state index in [1.54, 1.807) is 11.8 Å². The van der Waals surface area contributed by atoms with Gasteiger partial charge in [0.2, 0.25) is 0 Å². The van der Waals surface area contributed by atoms with Gasteiger partial charge in [0, 0.05) is 21.4 Å². The Hall–Kier alpha value is -0.230. The SMILES string of the molecule is CSCCNC(=O)c1cccc(I)c1. The van der Waals surface area contributed by atoms with Crippen LogP contribution >= 0.6 is 34.4 Å². The van der Waals surface area contributed by atoms with Gasteiger partial charge in [-0.25, -0.2) is 0 Å². The predicted molar refractivity (Wildman–Crippen MR) is 69.9 cm³/mol. The van der Waals surface area contributed by atoms with Crippen molar-refractivity contribution < 1.29 is 4.79 Å². The van der Waals surface area contributed by atoms with Crippen LogP contribution < -0.4 is 5.32 Å². The van der Waals surface area contributed by atoms with Crippen LogP contribution in [0, 0.1) is 3.57 Å². The third-order valence-electron chi connectivity index (χ3n) is 1.68. The zero-order valence-corrected chi connectivity index (χ0v) is 10.9. The molecule has 76 valence electrons. The van der Waals surface area contributed by atoms with E-state index in [0.717, 1.165) is 21.4 Å². The van der Waals surface area contributed by atoms with E-state index >= 15 is 0 Å². The Balaban J connectivity index is 2.52. The van der Waals surface area contributed by atoms with Crippen molar-refractivity contribution in [2.75, 3.05) is 18.6 Å². The van der Waals surface area contributed by atoms with E-state index < -0.39 is 0 Å². The molecule has 1 amide bonds. The molecule has 0 aliphatic carbocycles. The molecule has 0 atom stereocenters. The molecule has 0 saturated carbocycles. The summed E-state index contributed by atoms with van der Waals surface area (Å²) in [7, 11) is 0. The highest BCUT2D eigenvalue weighted by molar-refractivity contribution is 14.1. The summed E-state index contributed by atoms with van der Waals surface area (Å²) in [5, 5.41) is 2.86. The average molecular weight is 321 g/mol. The van der Waals surface area contributed by atoms with Crippen molar-refractivity contribution in [2.45, 2.75) is 0 Å². The van der Waals surface area contributed by atoms with Crippen LogP contribution in [0.1, 0.15) is 10.4 Å². The van der Waals surface area contributed by atoms with Crippen LogP contribution in [0.25, 0.3) is 0 Å². The lowest BCUT2D eigenvalue weighted by Gasteiger charge is -2.03. The second-order valence-electron chi connectivity index (χ2n) is 2.76. The molecule has 4 heteroatoms. The third-order valence-corrected chi connectivity index (χ3v) is 2.96. The summed E-state index contributed by atoms with van der Waals surface area (Å²) >= 11 is 3.93. The molecule has 0 spiro atoms. The molecule has 0 radical (unpaired) electrons. The van der Waals surface area contributed by atoms with Gasteiger partial charge in [0.1, 0.15) is 0 Å². The van der Waals surface area contributed by atoms with Crippen molar-refractivity contribution >= 4 is 40.3 Å². The van der Waals surface area contributed by atoms with E-state index in [1.807, 2.05) is 30.5 Å². The smallest absolute Gasteiger partial charge is 0.251 e. The largest absolute Gasteiger partial charge is 0.351 e. The summed E-state index contributed by atoms with van der Waals surface area (Å²) < 4.78 is 1.08. The minimum atomic E-state index is 0.0116. The molecule has 0 fully saturated rings. The maximum absolute atomic E-state index is 11.5. The number of hydrogen-bond acceptors (Lipinski definition) is 2. The van der Waals surface area contributed by atoms with Crippen molar-refractivity contribution in [3.8, 4) is 0 Å². The van der Waals surface area contributed by atoms with Gasteiger partial charge in [-0.15, -0.1) is 0 Å². The van der Waals surface area contributed by atoms with Crippen molar-refractivity contribution in [1.29, 1.82) is 0 Å². The van der Waals surface area contributed by atoms with Gasteiger partial charge in [-0.3, -0.25) is 4.79 Å². The topological polar surface area (TPSA) is 29.1 Å². The molecule has 0 aliphatic rings. The fraction of sp³-hybridized carbons (Fsp3) is 0.300. The molecular formula is C10H12INOS. The standard InChI is InChI=1S/C10H12INOS/c1-14-6-5-12-10(13)8-3-2-4-9(11)7-8/h2-4,7H,5-6H2,1H3,(H,12,13). The zero-order valence-electron chi connectivity index (χ0n) is 7.92. The second-order valence-corrected chi connectivity index (χ2v) is 4.99. The fourth-order valence-corrected chi connectivity index (χ4v) is 1.85. The van der Waals surface area contributed by atoms with Crippen molar-refractivity contribution in [2.24, 2.45) is 0 Å². The highest BCUT2D eigenvalue weighted by atomic mass is 127. The fourth-order valence-electron chi connectivity index (χ4n) is 0.998. The lowest BCUT2D eigenvalue weighted by Crippen LogP contribution is -2.25. The monoisotopic (exact) mass is 321 g/mol. The number of carbonyl (C=O) groups is 1. The molecule has 0 aromatic heterocycles. The first kappa shape index (κ1) is 11.8.